The molecular formula is C22H16BrN5O2. The highest BCUT2D eigenvalue weighted by Crippen LogP contribution is 2.19. The van der Waals surface area contributed by atoms with Crippen molar-refractivity contribution in [2.75, 3.05) is 0 Å². The van der Waals surface area contributed by atoms with Gasteiger partial charge in [0.15, 0.2) is 0 Å². The number of nitrogens with zero attached hydrogens (tertiary/aromatic N) is 5. The molecule has 0 bridgehead atoms. The van der Waals surface area contributed by atoms with Crippen molar-refractivity contribution in [3.8, 4) is 17.1 Å². The van der Waals surface area contributed by atoms with E-state index >= 15 is 0 Å². The third-order valence-corrected chi connectivity index (χ3v) is 5.37. The Balaban J connectivity index is 1.55. The van der Waals surface area contributed by atoms with Crippen LogP contribution in [0.3, 0.4) is 0 Å². The van der Waals surface area contributed by atoms with Gasteiger partial charge in [0.05, 0.1) is 11.8 Å². The summed E-state index contributed by atoms with van der Waals surface area (Å²) in [4.78, 5) is 21.9. The molecule has 0 aliphatic heterocycles. The van der Waals surface area contributed by atoms with Crippen molar-refractivity contribution < 1.29 is 4.52 Å². The van der Waals surface area contributed by atoms with Gasteiger partial charge in [-0.25, -0.2) is 4.98 Å². The van der Waals surface area contributed by atoms with Gasteiger partial charge >= 0.3 is 0 Å². The molecule has 30 heavy (non-hydrogen) atoms. The number of aromatic nitrogens is 5. The molecule has 8 heteroatoms. The van der Waals surface area contributed by atoms with Gasteiger partial charge in [-0.15, -0.1) is 0 Å². The highest BCUT2D eigenvalue weighted by molar-refractivity contribution is 9.10. The maximum absolute atomic E-state index is 13.2. The molecule has 0 radical (unpaired) electrons. The molecule has 7 nitrogen and oxygen atoms in total. The second-order valence-corrected chi connectivity index (χ2v) is 7.83. The fourth-order valence-electron chi connectivity index (χ4n) is 3.43. The number of halogens is 1. The first-order valence-electron chi connectivity index (χ1n) is 9.30. The van der Waals surface area contributed by atoms with Crippen LogP contribution in [0.4, 0.5) is 0 Å². The van der Waals surface area contributed by atoms with Crippen LogP contribution >= 0.6 is 15.9 Å². The van der Waals surface area contributed by atoms with Crippen LogP contribution in [0, 0.1) is 6.92 Å². The Morgan fingerprint density at radius 3 is 2.70 bits per heavy atom. The molecular weight excluding hydrogens is 446 g/mol. The molecule has 5 aromatic rings. The van der Waals surface area contributed by atoms with Gasteiger partial charge in [0.1, 0.15) is 5.52 Å². The van der Waals surface area contributed by atoms with E-state index in [0.29, 0.717) is 29.3 Å². The Bertz CT molecular complexity index is 1420. The maximum Gasteiger partial charge on any atom is 0.281 e. The van der Waals surface area contributed by atoms with Crippen LogP contribution in [0.5, 0.6) is 0 Å². The monoisotopic (exact) mass is 461 g/mol. The number of imidazole rings is 1. The Labute approximate surface area is 179 Å². The van der Waals surface area contributed by atoms with Crippen molar-refractivity contribution in [3.63, 3.8) is 0 Å². The van der Waals surface area contributed by atoms with E-state index in [1.54, 1.807) is 24.0 Å². The normalized spacial score (nSPS) is 11.3. The van der Waals surface area contributed by atoms with E-state index in [2.05, 4.69) is 31.1 Å². The molecule has 2 aromatic carbocycles. The van der Waals surface area contributed by atoms with Gasteiger partial charge in [0, 0.05) is 35.4 Å². The molecule has 0 fully saturated rings. The third-order valence-electron chi connectivity index (χ3n) is 4.84. The zero-order chi connectivity index (χ0) is 20.7. The first-order chi connectivity index (χ1) is 14.6. The minimum Gasteiger partial charge on any atom is -0.339 e. The molecule has 3 aromatic heterocycles. The number of benzene rings is 2. The lowest BCUT2D eigenvalue weighted by atomic mass is 10.1. The van der Waals surface area contributed by atoms with Gasteiger partial charge in [-0.05, 0) is 42.0 Å². The largest absolute Gasteiger partial charge is 0.339 e. The summed E-state index contributed by atoms with van der Waals surface area (Å²) in [5, 5.41) is 3.98. The number of hydrogen-bond acceptors (Lipinski definition) is 5. The van der Waals surface area contributed by atoms with Gasteiger partial charge in [0.2, 0.25) is 11.7 Å². The lowest BCUT2D eigenvalue weighted by molar-refractivity contribution is 0.394. The van der Waals surface area contributed by atoms with E-state index in [9.17, 15) is 4.79 Å². The summed E-state index contributed by atoms with van der Waals surface area (Å²) in [7, 11) is 0. The molecule has 0 aliphatic rings. The summed E-state index contributed by atoms with van der Waals surface area (Å²) >= 11 is 3.43. The van der Waals surface area contributed by atoms with Crippen molar-refractivity contribution in [2.45, 2.75) is 13.5 Å². The maximum atomic E-state index is 13.2. The van der Waals surface area contributed by atoms with E-state index < -0.39 is 0 Å². The molecule has 0 aliphatic carbocycles. The topological polar surface area (TPSA) is 78.7 Å². The predicted molar refractivity (Wildman–Crippen MR) is 117 cm³/mol. The number of rotatable bonds is 4. The molecule has 0 saturated carbocycles. The highest BCUT2D eigenvalue weighted by Gasteiger charge is 2.12. The number of aryl methyl sites for hydroxylation is 1. The van der Waals surface area contributed by atoms with Crippen molar-refractivity contribution in [1.82, 2.24) is 24.3 Å². The van der Waals surface area contributed by atoms with Gasteiger partial charge < -0.3 is 9.09 Å². The number of pyridine rings is 1. The lowest BCUT2D eigenvalue weighted by Gasteiger charge is -2.09. The summed E-state index contributed by atoms with van der Waals surface area (Å²) in [5.74, 6) is 1.06. The molecule has 0 N–H and O–H groups in total. The van der Waals surface area contributed by atoms with Gasteiger partial charge in [-0.1, -0.05) is 39.3 Å². The average molecular weight is 462 g/mol. The van der Waals surface area contributed by atoms with E-state index in [1.807, 2.05) is 59.2 Å². The van der Waals surface area contributed by atoms with Crippen LogP contribution in [0.15, 0.2) is 80.9 Å². The van der Waals surface area contributed by atoms with E-state index in [1.165, 1.54) is 0 Å². The van der Waals surface area contributed by atoms with E-state index in [0.717, 1.165) is 21.3 Å². The predicted octanol–water partition coefficient (Wildman–Crippen LogP) is 4.36. The summed E-state index contributed by atoms with van der Waals surface area (Å²) < 4.78 is 9.54. The van der Waals surface area contributed by atoms with Crippen molar-refractivity contribution >= 4 is 27.0 Å². The van der Waals surface area contributed by atoms with E-state index in [-0.39, 0.29) is 5.56 Å². The van der Waals surface area contributed by atoms with E-state index in [4.69, 9.17) is 4.52 Å². The van der Waals surface area contributed by atoms with Crippen LogP contribution in [0.1, 0.15) is 11.5 Å². The fourth-order valence-corrected chi connectivity index (χ4v) is 3.69. The highest BCUT2D eigenvalue weighted by atomic mass is 79.9. The first-order valence-corrected chi connectivity index (χ1v) is 10.1. The molecule has 0 unspecified atom stereocenters. The van der Waals surface area contributed by atoms with Crippen molar-refractivity contribution in [3.05, 3.63) is 93.4 Å². The van der Waals surface area contributed by atoms with Crippen molar-refractivity contribution in [1.29, 1.82) is 0 Å². The van der Waals surface area contributed by atoms with Crippen LogP contribution in [-0.4, -0.2) is 24.3 Å². The van der Waals surface area contributed by atoms with Crippen molar-refractivity contribution in [2.24, 2.45) is 0 Å². The Hall–Kier alpha value is -3.52. The Morgan fingerprint density at radius 2 is 1.93 bits per heavy atom. The van der Waals surface area contributed by atoms with Gasteiger partial charge in [0.25, 0.3) is 5.56 Å². The summed E-state index contributed by atoms with van der Waals surface area (Å²) in [6.45, 7) is 2.26. The Kier molecular flexibility index (Phi) is 4.55. The quantitative estimate of drug-likeness (QED) is 0.397. The van der Waals surface area contributed by atoms with Gasteiger partial charge in [-0.3, -0.25) is 9.36 Å². The molecule has 0 saturated heterocycles. The van der Waals surface area contributed by atoms with Crippen LogP contribution in [-0.2, 0) is 6.54 Å². The van der Waals surface area contributed by atoms with Crippen LogP contribution < -0.4 is 5.56 Å². The van der Waals surface area contributed by atoms with Crippen LogP contribution in [0.25, 0.3) is 28.1 Å². The summed E-state index contributed by atoms with van der Waals surface area (Å²) in [6.07, 6.45) is 3.45. The standard InChI is InChI=1S/C22H16BrN5O2/c1-14-25-21(26-30-14)16-4-2-3-15(11-16)12-27-13-24-19-9-10-28(22(29)20(19)27)18-7-5-17(23)6-8-18/h2-11,13H,12H2,1H3. The second-order valence-electron chi connectivity index (χ2n) is 6.91. The number of fused-ring (bicyclic) bond motifs is 1. The minimum absolute atomic E-state index is 0.114. The summed E-state index contributed by atoms with van der Waals surface area (Å²) in [5.41, 5.74) is 3.78. The zero-order valence-electron chi connectivity index (χ0n) is 16.0. The number of hydrogen-bond donors (Lipinski definition) is 0. The van der Waals surface area contributed by atoms with Crippen LogP contribution in [0.2, 0.25) is 0 Å². The lowest BCUT2D eigenvalue weighted by Crippen LogP contribution is -2.20. The second kappa shape index (κ2) is 7.38. The zero-order valence-corrected chi connectivity index (χ0v) is 17.6. The molecule has 0 spiro atoms. The first kappa shape index (κ1) is 18.5. The molecule has 148 valence electrons. The fraction of sp³-hybridized carbons (Fsp3) is 0.0909. The van der Waals surface area contributed by atoms with Gasteiger partial charge in [-0.2, -0.15) is 4.98 Å². The Morgan fingerprint density at radius 1 is 1.10 bits per heavy atom. The summed E-state index contributed by atoms with van der Waals surface area (Å²) in [6, 6.07) is 17.3. The third kappa shape index (κ3) is 3.35. The minimum atomic E-state index is -0.114. The average Bonchev–Trinajstić information content (AvgIpc) is 3.36. The smallest absolute Gasteiger partial charge is 0.281 e. The molecule has 0 atom stereocenters. The molecule has 0 amide bonds. The SMILES string of the molecule is Cc1nc(-c2cccc(Cn3cnc4ccn(-c5ccc(Br)cc5)c(=O)c43)c2)no1. The molecule has 5 rings (SSSR count). The molecule has 3 heterocycles.